The normalized spacial score (nSPS) is 12.3. The van der Waals surface area contributed by atoms with Gasteiger partial charge in [-0.15, -0.1) is 0 Å². The van der Waals surface area contributed by atoms with Gasteiger partial charge in [0.05, 0.1) is 46.3 Å². The Balaban J connectivity index is -0.00000109. The minimum atomic E-state index is 0. The molecule has 0 aliphatic heterocycles. The first kappa shape index (κ1) is 40.1. The summed E-state index contributed by atoms with van der Waals surface area (Å²) in [5.41, 5.74) is 1.01. The summed E-state index contributed by atoms with van der Waals surface area (Å²) in [7, 11) is 2.37. The maximum atomic E-state index is 6.06. The van der Waals surface area contributed by atoms with E-state index in [0.717, 1.165) is 28.9 Å². The van der Waals surface area contributed by atoms with Crippen molar-refractivity contribution in [3.05, 3.63) is 36.1 Å². The number of hydrogen-bond acceptors (Lipinski definition) is 1. The molecule has 0 aliphatic carbocycles. The average molecular weight is 926 g/mol. The van der Waals surface area contributed by atoms with E-state index in [9.17, 15) is 0 Å². The Morgan fingerprint density at radius 1 is 0.735 bits per heavy atom. The highest BCUT2D eigenvalue weighted by Crippen LogP contribution is 2.22. The summed E-state index contributed by atoms with van der Waals surface area (Å²) in [4.78, 5) is 0. The number of halogens is 4. The Kier molecular flexibility index (Phi) is 28.0. The minimum Gasteiger partial charge on any atom is -1.00 e. The van der Waals surface area contributed by atoms with Crippen LogP contribution in [-0.2, 0) is 6.54 Å². The van der Waals surface area contributed by atoms with Gasteiger partial charge in [0.2, 0.25) is 0 Å². The number of fused-ring (bicyclic) bond motifs is 1. The molecule has 1 unspecified atom stereocenters. The van der Waals surface area contributed by atoms with E-state index in [1.165, 1.54) is 70.7 Å². The Morgan fingerprint density at radius 3 is 1.71 bits per heavy atom. The molecule has 0 fully saturated rings. The summed E-state index contributed by atoms with van der Waals surface area (Å²) in [6, 6.07) is 10.5. The molecule has 1 aromatic heterocycles. The molecule has 0 saturated heterocycles. The Bertz CT molecular complexity index is 663. The second-order valence-corrected chi connectivity index (χ2v) is 11.7. The highest BCUT2D eigenvalue weighted by molar-refractivity contribution is 14.1. The largest absolute Gasteiger partial charge is 1.00 e. The zero-order chi connectivity index (χ0) is 24.5. The molecular weight excluding hydrogens is 876 g/mol. The molecule has 0 N–H and O–H groups in total. The van der Waals surface area contributed by atoms with Crippen molar-refractivity contribution in [3.8, 4) is 0 Å². The lowest BCUT2D eigenvalue weighted by molar-refractivity contribution is -0.924. The zero-order valence-electron chi connectivity index (χ0n) is 22.7. The topological polar surface area (TPSA) is 13.1 Å². The molecule has 0 bridgehead atoms. The van der Waals surface area contributed by atoms with Gasteiger partial charge in [0.15, 0.2) is 5.76 Å². The molecule has 1 aromatic carbocycles. The van der Waals surface area contributed by atoms with E-state index < -0.39 is 0 Å². The zero-order valence-corrected chi connectivity index (χ0v) is 31.3. The summed E-state index contributed by atoms with van der Waals surface area (Å²) >= 11 is 4.58. The molecule has 0 aliphatic rings. The van der Waals surface area contributed by atoms with E-state index in [4.69, 9.17) is 4.42 Å². The van der Waals surface area contributed by atoms with Crippen LogP contribution in [0.1, 0.15) is 66.6 Å². The van der Waals surface area contributed by atoms with Crippen LogP contribution in [0.2, 0.25) is 0 Å². The highest BCUT2D eigenvalue weighted by Gasteiger charge is 2.23. The van der Waals surface area contributed by atoms with E-state index in [2.05, 4.69) is 118 Å². The smallest absolute Gasteiger partial charge is 0.159 e. The van der Waals surface area contributed by atoms with Crippen molar-refractivity contribution < 1.29 is 61.3 Å². The fraction of sp³-hybridized carbons (Fsp3) is 0.704. The number of para-hydroxylation sites is 1. The van der Waals surface area contributed by atoms with Crippen molar-refractivity contribution in [1.82, 2.24) is 0 Å². The first-order valence-corrected chi connectivity index (χ1v) is 15.7. The van der Waals surface area contributed by atoms with Crippen LogP contribution in [0.15, 0.2) is 34.7 Å². The van der Waals surface area contributed by atoms with Crippen molar-refractivity contribution in [2.24, 2.45) is 0 Å². The van der Waals surface area contributed by atoms with Crippen LogP contribution in [0, 0.1) is 0 Å². The Hall–Kier alpha value is 1.60. The van der Waals surface area contributed by atoms with E-state index in [-0.39, 0.29) is 48.0 Å². The Morgan fingerprint density at radius 2 is 1.24 bits per heavy atom. The maximum Gasteiger partial charge on any atom is 0.159 e. The first-order chi connectivity index (χ1) is 15.3. The van der Waals surface area contributed by atoms with E-state index in [1.807, 2.05) is 6.07 Å². The second-order valence-electron chi connectivity index (χ2n) is 8.68. The van der Waals surface area contributed by atoms with Crippen molar-refractivity contribution in [2.75, 3.05) is 55.2 Å². The molecule has 3 nitrogen and oxygen atoms in total. The third-order valence-corrected chi connectivity index (χ3v) is 6.62. The summed E-state index contributed by atoms with van der Waals surface area (Å²) in [6.07, 6.45) is 4.00. The van der Waals surface area contributed by atoms with Crippen LogP contribution >= 0.6 is 45.2 Å². The third kappa shape index (κ3) is 15.8. The summed E-state index contributed by atoms with van der Waals surface area (Å²) in [6.45, 7) is 22.0. The van der Waals surface area contributed by atoms with E-state index >= 15 is 0 Å². The number of benzene rings is 1. The predicted molar refractivity (Wildman–Crippen MR) is 161 cm³/mol. The van der Waals surface area contributed by atoms with Crippen LogP contribution in [0.3, 0.4) is 0 Å². The number of hydrogen-bond donors (Lipinski definition) is 0. The standard InChI is InChI=1S/C23H40N2O.2C2H5I.2HI/c1-6-24(5,17-13-10-14-18-25(7-2,8-3)9-4)20-22-19-21-15-11-12-16-23(21)26-22;2*1-2-3;;/h11-12,15-16,19H,6-10,13-14,17-18,20H2,1-5H3;2*2H2,1H3;2*1H/q+2;;;;/p-2. The molecule has 0 radical (unpaired) electrons. The number of unbranched alkanes of at least 4 members (excludes halogenated alkanes) is 2. The van der Waals surface area contributed by atoms with Gasteiger partial charge in [0.1, 0.15) is 12.1 Å². The number of alkyl halides is 2. The molecule has 1 heterocycles. The van der Waals surface area contributed by atoms with Crippen LogP contribution in [0.5, 0.6) is 0 Å². The van der Waals surface area contributed by atoms with Gasteiger partial charge in [-0.1, -0.05) is 77.2 Å². The lowest BCUT2D eigenvalue weighted by atomic mass is 10.1. The SMILES string of the molecule is CCI.CCI.CC[N+](C)(CCCCC[N+](CC)(CC)CC)Cc1cc2ccccc2o1.[I-].[I-]. The lowest BCUT2D eigenvalue weighted by Crippen LogP contribution is -3.00. The molecule has 0 saturated carbocycles. The average Bonchev–Trinajstić information content (AvgIpc) is 3.20. The van der Waals surface area contributed by atoms with Gasteiger partial charge in [-0.05, 0) is 67.9 Å². The van der Waals surface area contributed by atoms with Crippen LogP contribution < -0.4 is 48.0 Å². The van der Waals surface area contributed by atoms with Crippen LogP contribution in [0.4, 0.5) is 0 Å². The fourth-order valence-corrected chi connectivity index (χ4v) is 4.10. The van der Waals surface area contributed by atoms with Gasteiger partial charge in [0.25, 0.3) is 0 Å². The van der Waals surface area contributed by atoms with Crippen LogP contribution in [0.25, 0.3) is 11.0 Å². The number of nitrogens with zero attached hydrogens (tertiary/aromatic N) is 2. The summed E-state index contributed by atoms with van der Waals surface area (Å²) < 4.78 is 10.8. The van der Waals surface area contributed by atoms with Crippen molar-refractivity contribution >= 4 is 56.2 Å². The van der Waals surface area contributed by atoms with Gasteiger partial charge >= 0.3 is 0 Å². The lowest BCUT2D eigenvalue weighted by Gasteiger charge is -2.36. The van der Waals surface area contributed by atoms with E-state index in [1.54, 1.807) is 0 Å². The Labute approximate surface area is 273 Å². The molecule has 7 heteroatoms. The van der Waals surface area contributed by atoms with Gasteiger partial charge in [-0.25, -0.2) is 0 Å². The van der Waals surface area contributed by atoms with Gasteiger partial charge < -0.3 is 61.3 Å². The van der Waals surface area contributed by atoms with Crippen molar-refractivity contribution in [2.45, 2.75) is 67.3 Å². The van der Waals surface area contributed by atoms with Crippen LogP contribution in [-0.4, -0.2) is 64.1 Å². The quantitative estimate of drug-likeness (QED) is 0.138. The summed E-state index contributed by atoms with van der Waals surface area (Å²) in [5, 5.41) is 1.22. The van der Waals surface area contributed by atoms with Gasteiger partial charge in [0, 0.05) is 5.39 Å². The molecule has 0 spiro atoms. The molecular formula is C27H50I4N2O. The number of furan rings is 1. The monoisotopic (exact) mass is 926 g/mol. The van der Waals surface area contributed by atoms with Gasteiger partial charge in [-0.3, -0.25) is 0 Å². The highest BCUT2D eigenvalue weighted by atomic mass is 127. The van der Waals surface area contributed by atoms with Crippen molar-refractivity contribution in [1.29, 1.82) is 0 Å². The maximum absolute atomic E-state index is 6.06. The third-order valence-electron chi connectivity index (χ3n) is 6.62. The van der Waals surface area contributed by atoms with Crippen molar-refractivity contribution in [3.63, 3.8) is 0 Å². The molecule has 2 rings (SSSR count). The van der Waals surface area contributed by atoms with E-state index in [0.29, 0.717) is 0 Å². The van der Waals surface area contributed by atoms with Gasteiger partial charge in [-0.2, -0.15) is 0 Å². The summed E-state index contributed by atoms with van der Waals surface area (Å²) in [5.74, 6) is 1.12. The number of quaternary nitrogens is 2. The second kappa shape index (κ2) is 23.7. The molecule has 202 valence electrons. The molecule has 34 heavy (non-hydrogen) atoms. The molecule has 0 amide bonds. The fourth-order valence-electron chi connectivity index (χ4n) is 4.10. The first-order valence-electron chi connectivity index (χ1n) is 12.6. The molecule has 2 aromatic rings. The minimum absolute atomic E-state index is 0. The number of rotatable bonds is 12. The predicted octanol–water partition coefficient (Wildman–Crippen LogP) is 2.34. The molecule has 1 atom stereocenters.